The topological polar surface area (TPSA) is 74.3 Å². The molecule has 1 heterocycles. The van der Waals surface area contributed by atoms with Crippen LogP contribution in [0.2, 0.25) is 0 Å². The molecule has 2 atom stereocenters. The number of nitrogens with one attached hydrogen (secondary N) is 1. The predicted molar refractivity (Wildman–Crippen MR) is 79.5 cm³/mol. The second-order valence-corrected chi connectivity index (χ2v) is 5.44. The average molecular weight is 284 g/mol. The molecule has 0 aliphatic carbocycles. The van der Waals surface area contributed by atoms with Crippen LogP contribution in [-0.4, -0.2) is 29.6 Å². The lowest BCUT2D eigenvalue weighted by atomic mass is 9.96. The Hall–Kier alpha value is -1.11. The lowest BCUT2D eigenvalue weighted by molar-refractivity contribution is -0.0000975. The van der Waals surface area contributed by atoms with Gasteiger partial charge in [-0.3, -0.25) is 10.5 Å². The van der Waals surface area contributed by atoms with Gasteiger partial charge < -0.3 is 9.47 Å². The van der Waals surface area contributed by atoms with Crippen LogP contribution in [-0.2, 0) is 4.74 Å². The van der Waals surface area contributed by atoms with E-state index < -0.39 is 0 Å². The molecule has 0 fully saturated rings. The monoisotopic (exact) mass is 284 g/mol. The van der Waals surface area contributed by atoms with E-state index >= 15 is 0 Å². The number of rotatable bonds is 8. The molecule has 0 bridgehead atoms. The van der Waals surface area contributed by atoms with E-state index in [9.17, 15) is 0 Å². The van der Waals surface area contributed by atoms with Crippen LogP contribution in [0, 0.1) is 5.92 Å². The van der Waals surface area contributed by atoms with Gasteiger partial charge in [-0.05, 0) is 26.7 Å². The minimum absolute atomic E-state index is 0.0481. The van der Waals surface area contributed by atoms with Crippen molar-refractivity contribution in [3.05, 3.63) is 11.9 Å². The number of ether oxygens (including phenoxy) is 2. The molecular weight excluding hydrogens is 256 g/mol. The van der Waals surface area contributed by atoms with Crippen LogP contribution in [0.25, 0.3) is 0 Å². The number of hydrogen-bond donors (Lipinski definition) is 2. The third-order valence-corrected chi connectivity index (χ3v) is 3.33. The summed E-state index contributed by atoms with van der Waals surface area (Å²) in [5, 5.41) is 4.40. The molecule has 2 unspecified atom stereocenters. The number of methoxy groups -OCH3 is 1. The maximum absolute atomic E-state index is 5.88. The van der Waals surface area contributed by atoms with Gasteiger partial charge >= 0.3 is 0 Å². The third kappa shape index (κ3) is 3.50. The predicted octanol–water partition coefficient (Wildman–Crippen LogP) is 2.04. The maximum Gasteiger partial charge on any atom is 0.161 e. The Morgan fingerprint density at radius 3 is 2.40 bits per heavy atom. The smallest absolute Gasteiger partial charge is 0.161 e. The van der Waals surface area contributed by atoms with E-state index in [1.54, 1.807) is 13.3 Å². The van der Waals surface area contributed by atoms with Crippen molar-refractivity contribution in [2.45, 2.75) is 52.8 Å². The van der Waals surface area contributed by atoms with Gasteiger partial charge in [0.2, 0.25) is 0 Å². The van der Waals surface area contributed by atoms with E-state index in [0.29, 0.717) is 12.5 Å². The van der Waals surface area contributed by atoms with Crippen LogP contribution in [0.15, 0.2) is 6.20 Å². The highest BCUT2D eigenvalue weighted by Gasteiger charge is 2.32. The van der Waals surface area contributed by atoms with E-state index in [4.69, 9.17) is 15.3 Å². The summed E-state index contributed by atoms with van der Waals surface area (Å²) in [7, 11) is 1.64. The van der Waals surface area contributed by atoms with Crippen molar-refractivity contribution in [1.29, 1.82) is 0 Å². The molecule has 1 rings (SSSR count). The van der Waals surface area contributed by atoms with E-state index in [0.717, 1.165) is 11.4 Å². The molecule has 0 radical (unpaired) electrons. The molecule has 0 amide bonds. The minimum Gasteiger partial charge on any atom is -0.493 e. The molecule has 6 heteroatoms. The molecule has 0 saturated heterocycles. The fraction of sp³-hybridized carbons (Fsp3) is 0.786. The van der Waals surface area contributed by atoms with Crippen LogP contribution in [0.3, 0.4) is 0 Å². The van der Waals surface area contributed by atoms with Gasteiger partial charge in [-0.15, -0.1) is 0 Å². The zero-order valence-corrected chi connectivity index (χ0v) is 13.4. The van der Waals surface area contributed by atoms with Crippen molar-refractivity contribution < 1.29 is 9.47 Å². The number of nitrogens with two attached hydrogens (primary N) is 1. The highest BCUT2D eigenvalue weighted by molar-refractivity contribution is 5.29. The van der Waals surface area contributed by atoms with Gasteiger partial charge in [-0.1, -0.05) is 13.8 Å². The highest BCUT2D eigenvalue weighted by atomic mass is 16.5. The molecule has 1 aromatic rings. The van der Waals surface area contributed by atoms with Crippen LogP contribution >= 0.6 is 0 Å². The van der Waals surface area contributed by atoms with Gasteiger partial charge in [0, 0.05) is 12.6 Å². The van der Waals surface area contributed by atoms with Crippen molar-refractivity contribution in [3.8, 4) is 5.75 Å². The molecule has 20 heavy (non-hydrogen) atoms. The molecule has 0 saturated carbocycles. The second kappa shape index (κ2) is 7.61. The zero-order valence-electron chi connectivity index (χ0n) is 13.4. The summed E-state index contributed by atoms with van der Waals surface area (Å²) in [6.07, 6.45) is 1.68. The Labute approximate surface area is 121 Å². The SMILES string of the molecule is CCOC(C(C)C)C(NN)c1c(OC)cnn1C(C)C. The molecule has 3 N–H and O–H groups in total. The maximum atomic E-state index is 5.88. The normalized spacial score (nSPS) is 14.8. The summed E-state index contributed by atoms with van der Waals surface area (Å²) >= 11 is 0. The van der Waals surface area contributed by atoms with E-state index in [-0.39, 0.29) is 18.2 Å². The summed E-state index contributed by atoms with van der Waals surface area (Å²) in [6.45, 7) is 11.0. The van der Waals surface area contributed by atoms with Crippen molar-refractivity contribution in [1.82, 2.24) is 15.2 Å². The molecule has 1 aromatic heterocycles. The highest BCUT2D eigenvalue weighted by Crippen LogP contribution is 2.32. The van der Waals surface area contributed by atoms with Crippen LogP contribution in [0.1, 0.15) is 52.4 Å². The minimum atomic E-state index is -0.171. The van der Waals surface area contributed by atoms with Gasteiger partial charge in [-0.2, -0.15) is 5.10 Å². The third-order valence-electron chi connectivity index (χ3n) is 3.33. The van der Waals surface area contributed by atoms with Gasteiger partial charge in [0.1, 0.15) is 5.69 Å². The van der Waals surface area contributed by atoms with Crippen molar-refractivity contribution >= 4 is 0 Å². The van der Waals surface area contributed by atoms with Gasteiger partial charge in [0.25, 0.3) is 0 Å². The van der Waals surface area contributed by atoms with Crippen LogP contribution in [0.5, 0.6) is 5.75 Å². The molecule has 0 aromatic carbocycles. The van der Waals surface area contributed by atoms with Gasteiger partial charge in [0.15, 0.2) is 5.75 Å². The van der Waals surface area contributed by atoms with Crippen molar-refractivity contribution in [2.75, 3.05) is 13.7 Å². The van der Waals surface area contributed by atoms with E-state index in [1.165, 1.54) is 0 Å². The summed E-state index contributed by atoms with van der Waals surface area (Å²) in [6, 6.07) is 0.0500. The molecule has 6 nitrogen and oxygen atoms in total. The molecule has 0 aliphatic heterocycles. The summed E-state index contributed by atoms with van der Waals surface area (Å²) < 4.78 is 13.2. The largest absolute Gasteiger partial charge is 0.493 e. The van der Waals surface area contributed by atoms with Crippen LogP contribution in [0.4, 0.5) is 0 Å². The quantitative estimate of drug-likeness (QED) is 0.564. The van der Waals surface area contributed by atoms with Crippen molar-refractivity contribution in [2.24, 2.45) is 11.8 Å². The number of hydrogen-bond acceptors (Lipinski definition) is 5. The molecule has 116 valence electrons. The van der Waals surface area contributed by atoms with Crippen LogP contribution < -0.4 is 16.0 Å². The van der Waals surface area contributed by atoms with Crippen molar-refractivity contribution in [3.63, 3.8) is 0 Å². The first-order chi connectivity index (χ1) is 9.47. The van der Waals surface area contributed by atoms with E-state index in [2.05, 4.69) is 38.2 Å². The Morgan fingerprint density at radius 1 is 1.35 bits per heavy atom. The Morgan fingerprint density at radius 2 is 2.00 bits per heavy atom. The molecular formula is C14H28N4O2. The standard InChI is InChI=1S/C14H28N4O2/c1-7-20-14(9(2)3)12(17-15)13-11(19-6)8-16-18(13)10(4)5/h8-10,12,14,17H,7,15H2,1-6H3. The zero-order chi connectivity index (χ0) is 15.3. The fourth-order valence-electron chi connectivity index (χ4n) is 2.42. The number of nitrogens with zero attached hydrogens (tertiary/aromatic N) is 2. The molecule has 0 aliphatic rings. The summed E-state index contributed by atoms with van der Waals surface area (Å²) in [4.78, 5) is 0. The van der Waals surface area contributed by atoms with Gasteiger partial charge in [0.05, 0.1) is 25.5 Å². The Balaban J connectivity index is 3.24. The van der Waals surface area contributed by atoms with Gasteiger partial charge in [-0.25, -0.2) is 5.43 Å². The Bertz CT molecular complexity index is 404. The molecule has 0 spiro atoms. The Kier molecular flexibility index (Phi) is 6.45. The second-order valence-electron chi connectivity index (χ2n) is 5.44. The summed E-state index contributed by atoms with van der Waals surface area (Å²) in [5.41, 5.74) is 3.80. The number of hydrazine groups is 1. The lowest BCUT2D eigenvalue weighted by Crippen LogP contribution is -2.42. The van der Waals surface area contributed by atoms with E-state index in [1.807, 2.05) is 11.6 Å². The first kappa shape index (κ1) is 16.9. The lowest BCUT2D eigenvalue weighted by Gasteiger charge is -2.31. The number of aromatic nitrogens is 2. The average Bonchev–Trinajstić information content (AvgIpc) is 2.82. The summed E-state index contributed by atoms with van der Waals surface area (Å²) in [5.74, 6) is 6.84. The first-order valence-corrected chi connectivity index (χ1v) is 7.16. The first-order valence-electron chi connectivity index (χ1n) is 7.16. The fourth-order valence-corrected chi connectivity index (χ4v) is 2.42.